The van der Waals surface area contributed by atoms with Gasteiger partial charge in [-0.15, -0.1) is 0 Å². The number of amides is 1. The summed E-state index contributed by atoms with van der Waals surface area (Å²) >= 11 is 6.55. The van der Waals surface area contributed by atoms with E-state index in [1.165, 1.54) is 9.30 Å². The molecule has 11 heteroatoms. The van der Waals surface area contributed by atoms with Gasteiger partial charge in [0.05, 0.1) is 28.0 Å². The van der Waals surface area contributed by atoms with Gasteiger partial charge in [-0.25, -0.2) is 13.4 Å². The van der Waals surface area contributed by atoms with Crippen LogP contribution < -0.4 is 10.5 Å². The van der Waals surface area contributed by atoms with Crippen molar-refractivity contribution < 1.29 is 13.2 Å². The minimum absolute atomic E-state index is 0.0577. The molecule has 3 saturated heterocycles. The smallest absolute Gasteiger partial charge is 0.267 e. The molecule has 1 atom stereocenters. The van der Waals surface area contributed by atoms with Crippen LogP contribution in [-0.4, -0.2) is 63.6 Å². The fourth-order valence-electron chi connectivity index (χ4n) is 4.68. The SMILES string of the molecule is Cc1cccn2c(=O)c(/C=C3/SC(=S)N(C4CCS(=O)(=O)C4)C3=O)c(N3CCCCC3)nc12. The second kappa shape index (κ2) is 8.52. The van der Waals surface area contributed by atoms with Crippen molar-refractivity contribution in [3.05, 3.63) is 44.7 Å². The van der Waals surface area contributed by atoms with Crippen molar-refractivity contribution in [2.75, 3.05) is 29.5 Å². The zero-order valence-electron chi connectivity index (χ0n) is 18.2. The molecule has 0 spiro atoms. The molecule has 33 heavy (non-hydrogen) atoms. The number of aryl methyl sites for hydroxylation is 1. The Hall–Kier alpha value is -2.24. The Balaban J connectivity index is 1.60. The Kier molecular flexibility index (Phi) is 5.82. The lowest BCUT2D eigenvalue weighted by Gasteiger charge is -2.29. The van der Waals surface area contributed by atoms with Gasteiger partial charge in [-0.2, -0.15) is 0 Å². The lowest BCUT2D eigenvalue weighted by molar-refractivity contribution is -0.123. The number of hydrogen-bond donors (Lipinski definition) is 0. The molecule has 0 aliphatic carbocycles. The Bertz CT molecular complexity index is 1360. The summed E-state index contributed by atoms with van der Waals surface area (Å²) < 4.78 is 25.7. The van der Waals surface area contributed by atoms with Crippen LogP contribution >= 0.6 is 24.0 Å². The molecular formula is C22H24N4O4S3. The van der Waals surface area contributed by atoms with E-state index in [4.69, 9.17) is 17.2 Å². The lowest BCUT2D eigenvalue weighted by Crippen LogP contribution is -2.39. The average Bonchev–Trinajstić information content (AvgIpc) is 3.28. The van der Waals surface area contributed by atoms with Crippen LogP contribution in [0.15, 0.2) is 28.0 Å². The first-order valence-corrected chi connectivity index (χ1v) is 14.0. The third-order valence-electron chi connectivity index (χ3n) is 6.39. The molecule has 3 aliphatic rings. The van der Waals surface area contributed by atoms with Gasteiger partial charge in [0.1, 0.15) is 15.8 Å². The van der Waals surface area contributed by atoms with Crippen LogP contribution in [0.5, 0.6) is 0 Å². The van der Waals surface area contributed by atoms with E-state index in [1.54, 1.807) is 18.3 Å². The number of hydrogen-bond acceptors (Lipinski definition) is 8. The van der Waals surface area contributed by atoms with E-state index in [0.29, 0.717) is 32.7 Å². The number of nitrogens with zero attached hydrogens (tertiary/aromatic N) is 4. The van der Waals surface area contributed by atoms with E-state index in [2.05, 4.69) is 4.90 Å². The highest BCUT2D eigenvalue weighted by molar-refractivity contribution is 8.26. The number of thioether (sulfide) groups is 1. The molecule has 3 fully saturated rings. The number of aromatic nitrogens is 2. The fourth-order valence-corrected chi connectivity index (χ4v) is 7.76. The van der Waals surface area contributed by atoms with Gasteiger partial charge >= 0.3 is 0 Å². The second-order valence-corrected chi connectivity index (χ2v) is 12.6. The lowest BCUT2D eigenvalue weighted by atomic mass is 10.1. The summed E-state index contributed by atoms with van der Waals surface area (Å²) in [6, 6.07) is 3.27. The summed E-state index contributed by atoms with van der Waals surface area (Å²) in [6.45, 7) is 3.52. The van der Waals surface area contributed by atoms with E-state index in [1.807, 2.05) is 13.0 Å². The Labute approximate surface area is 201 Å². The van der Waals surface area contributed by atoms with Crippen LogP contribution in [0.1, 0.15) is 36.8 Å². The molecule has 0 N–H and O–H groups in total. The van der Waals surface area contributed by atoms with E-state index >= 15 is 0 Å². The van der Waals surface area contributed by atoms with Crippen LogP contribution in [0, 0.1) is 6.92 Å². The minimum Gasteiger partial charge on any atom is -0.356 e. The maximum absolute atomic E-state index is 13.5. The molecule has 5 heterocycles. The van der Waals surface area contributed by atoms with Crippen molar-refractivity contribution in [2.24, 2.45) is 0 Å². The Morgan fingerprint density at radius 1 is 1.21 bits per heavy atom. The van der Waals surface area contributed by atoms with E-state index in [9.17, 15) is 18.0 Å². The number of piperidine rings is 1. The largest absolute Gasteiger partial charge is 0.356 e. The average molecular weight is 505 g/mol. The molecule has 2 aromatic heterocycles. The summed E-state index contributed by atoms with van der Waals surface area (Å²) in [5, 5.41) is 0. The van der Waals surface area contributed by atoms with Gasteiger partial charge in [0.25, 0.3) is 11.5 Å². The van der Waals surface area contributed by atoms with Gasteiger partial charge in [0, 0.05) is 19.3 Å². The standard InChI is InChI=1S/C22H24N4O4S3/c1-14-6-5-10-25-18(14)23-19(24-8-3-2-4-9-24)16(20(25)27)12-17-21(28)26(22(31)32-17)15-7-11-33(29,30)13-15/h5-6,10,12,15H,2-4,7-9,11,13H2,1H3/b17-12+. The number of fused-ring (bicyclic) bond motifs is 1. The van der Waals surface area contributed by atoms with Crippen LogP contribution in [-0.2, 0) is 14.6 Å². The third-order valence-corrected chi connectivity index (χ3v) is 9.47. The third kappa shape index (κ3) is 4.10. The minimum atomic E-state index is -3.16. The monoisotopic (exact) mass is 504 g/mol. The zero-order valence-corrected chi connectivity index (χ0v) is 20.6. The molecule has 8 nitrogen and oxygen atoms in total. The van der Waals surface area contributed by atoms with Gasteiger partial charge in [-0.1, -0.05) is 30.0 Å². The second-order valence-electron chi connectivity index (χ2n) is 8.70. The van der Waals surface area contributed by atoms with Crippen molar-refractivity contribution in [1.29, 1.82) is 0 Å². The van der Waals surface area contributed by atoms with Crippen molar-refractivity contribution >= 4 is 61.6 Å². The highest BCUT2D eigenvalue weighted by Crippen LogP contribution is 2.37. The Morgan fingerprint density at radius 3 is 2.67 bits per heavy atom. The maximum atomic E-state index is 13.5. The Morgan fingerprint density at radius 2 is 1.97 bits per heavy atom. The summed E-state index contributed by atoms with van der Waals surface area (Å²) in [6.07, 6.45) is 6.83. The molecule has 174 valence electrons. The highest BCUT2D eigenvalue weighted by Gasteiger charge is 2.42. The summed E-state index contributed by atoms with van der Waals surface area (Å²) in [4.78, 5) is 35.5. The normalized spacial score (nSPS) is 24.4. The summed E-state index contributed by atoms with van der Waals surface area (Å²) in [5.74, 6) is 0.223. The molecular weight excluding hydrogens is 480 g/mol. The number of anilines is 1. The van der Waals surface area contributed by atoms with E-state index in [0.717, 1.165) is 49.7 Å². The molecule has 0 radical (unpaired) electrons. The number of sulfone groups is 1. The molecule has 0 saturated carbocycles. The van der Waals surface area contributed by atoms with Crippen molar-refractivity contribution in [2.45, 2.75) is 38.6 Å². The molecule has 1 amide bonds. The van der Waals surface area contributed by atoms with Gasteiger partial charge < -0.3 is 4.90 Å². The van der Waals surface area contributed by atoms with E-state index < -0.39 is 15.9 Å². The summed E-state index contributed by atoms with van der Waals surface area (Å²) in [7, 11) is -3.16. The van der Waals surface area contributed by atoms with Crippen LogP contribution in [0.2, 0.25) is 0 Å². The van der Waals surface area contributed by atoms with Crippen LogP contribution in [0.4, 0.5) is 5.82 Å². The molecule has 2 aromatic rings. The molecule has 0 bridgehead atoms. The van der Waals surface area contributed by atoms with Crippen LogP contribution in [0.25, 0.3) is 11.7 Å². The molecule has 5 rings (SSSR count). The topological polar surface area (TPSA) is 92.1 Å². The molecule has 0 aromatic carbocycles. The van der Waals surface area contributed by atoms with Gasteiger partial charge in [0.2, 0.25) is 0 Å². The number of carbonyl (C=O) groups is 1. The van der Waals surface area contributed by atoms with Gasteiger partial charge in [-0.3, -0.25) is 18.9 Å². The number of rotatable bonds is 3. The fraction of sp³-hybridized carbons (Fsp3) is 0.455. The van der Waals surface area contributed by atoms with E-state index in [-0.39, 0.29) is 23.0 Å². The molecule has 3 aliphatic heterocycles. The quantitative estimate of drug-likeness (QED) is 0.465. The highest BCUT2D eigenvalue weighted by atomic mass is 32.2. The summed E-state index contributed by atoms with van der Waals surface area (Å²) in [5.41, 5.74) is 1.62. The predicted molar refractivity (Wildman–Crippen MR) is 134 cm³/mol. The zero-order chi connectivity index (χ0) is 23.3. The van der Waals surface area contributed by atoms with Crippen molar-refractivity contribution in [3.63, 3.8) is 0 Å². The number of carbonyl (C=O) groups excluding carboxylic acids is 1. The predicted octanol–water partition coefficient (Wildman–Crippen LogP) is 2.38. The van der Waals surface area contributed by atoms with Crippen LogP contribution in [0.3, 0.4) is 0 Å². The van der Waals surface area contributed by atoms with Crippen molar-refractivity contribution in [3.8, 4) is 0 Å². The number of pyridine rings is 1. The first-order chi connectivity index (χ1) is 15.7. The first-order valence-electron chi connectivity index (χ1n) is 11.0. The van der Waals surface area contributed by atoms with Crippen molar-refractivity contribution in [1.82, 2.24) is 14.3 Å². The first kappa shape index (κ1) is 22.5. The number of thiocarbonyl (C=S) groups is 1. The maximum Gasteiger partial charge on any atom is 0.267 e. The molecule has 1 unspecified atom stereocenters. The van der Waals surface area contributed by atoms with Gasteiger partial charge in [0.15, 0.2) is 9.84 Å². The van der Waals surface area contributed by atoms with Gasteiger partial charge in [-0.05, 0) is 50.3 Å².